The second kappa shape index (κ2) is 5.46. The SMILES string of the molecule is Cc1cc(Br)ccc1C(=O)Cc1ccc(Br)s1. The maximum atomic E-state index is 12.1. The molecule has 4 heteroatoms. The first kappa shape index (κ1) is 13.0. The van der Waals surface area contributed by atoms with Gasteiger partial charge in [-0.2, -0.15) is 0 Å². The van der Waals surface area contributed by atoms with Gasteiger partial charge in [-0.05, 0) is 52.7 Å². The molecule has 0 radical (unpaired) electrons. The molecule has 17 heavy (non-hydrogen) atoms. The normalized spacial score (nSPS) is 10.5. The van der Waals surface area contributed by atoms with Gasteiger partial charge < -0.3 is 0 Å². The van der Waals surface area contributed by atoms with E-state index in [-0.39, 0.29) is 5.78 Å². The molecule has 0 saturated carbocycles. The van der Waals surface area contributed by atoms with Gasteiger partial charge >= 0.3 is 0 Å². The lowest BCUT2D eigenvalue weighted by molar-refractivity contribution is 0.0993. The lowest BCUT2D eigenvalue weighted by Crippen LogP contribution is -2.04. The Morgan fingerprint density at radius 1 is 1.24 bits per heavy atom. The van der Waals surface area contributed by atoms with Crippen LogP contribution in [0.1, 0.15) is 20.8 Å². The van der Waals surface area contributed by atoms with Crippen molar-refractivity contribution in [1.29, 1.82) is 0 Å². The predicted molar refractivity (Wildman–Crippen MR) is 78.9 cm³/mol. The first-order valence-electron chi connectivity index (χ1n) is 5.10. The van der Waals surface area contributed by atoms with Crippen LogP contribution in [0.4, 0.5) is 0 Å². The molecule has 88 valence electrons. The van der Waals surface area contributed by atoms with Gasteiger partial charge in [-0.1, -0.05) is 22.0 Å². The van der Waals surface area contributed by atoms with Gasteiger partial charge in [-0.15, -0.1) is 11.3 Å². The molecule has 0 aliphatic heterocycles. The minimum absolute atomic E-state index is 0.171. The molecule has 0 bridgehead atoms. The first-order valence-corrected chi connectivity index (χ1v) is 7.50. The van der Waals surface area contributed by atoms with Gasteiger partial charge in [0.2, 0.25) is 0 Å². The topological polar surface area (TPSA) is 17.1 Å². The maximum Gasteiger partial charge on any atom is 0.168 e. The van der Waals surface area contributed by atoms with Crippen LogP contribution in [0, 0.1) is 6.92 Å². The highest BCUT2D eigenvalue weighted by Crippen LogP contribution is 2.24. The number of Topliss-reactive ketones (excluding diaryl/α,β-unsaturated/α-hetero) is 1. The van der Waals surface area contributed by atoms with Crippen molar-refractivity contribution in [2.24, 2.45) is 0 Å². The van der Waals surface area contributed by atoms with Gasteiger partial charge in [0.25, 0.3) is 0 Å². The molecule has 0 unspecified atom stereocenters. The highest BCUT2D eigenvalue weighted by atomic mass is 79.9. The van der Waals surface area contributed by atoms with Crippen LogP contribution in [0.25, 0.3) is 0 Å². The molecule has 2 aromatic rings. The van der Waals surface area contributed by atoms with E-state index in [2.05, 4.69) is 31.9 Å². The second-order valence-electron chi connectivity index (χ2n) is 3.77. The molecule has 0 fully saturated rings. The van der Waals surface area contributed by atoms with Crippen LogP contribution in [-0.2, 0) is 6.42 Å². The fourth-order valence-electron chi connectivity index (χ4n) is 1.64. The molecule has 0 atom stereocenters. The zero-order valence-electron chi connectivity index (χ0n) is 9.17. The fraction of sp³-hybridized carbons (Fsp3) is 0.154. The molecule has 0 saturated heterocycles. The smallest absolute Gasteiger partial charge is 0.168 e. The van der Waals surface area contributed by atoms with E-state index in [9.17, 15) is 4.79 Å². The molecule has 0 amide bonds. The Labute approximate surface area is 121 Å². The number of thiophene rings is 1. The number of benzene rings is 1. The van der Waals surface area contributed by atoms with Crippen molar-refractivity contribution in [2.45, 2.75) is 13.3 Å². The Kier molecular flexibility index (Phi) is 4.17. The van der Waals surface area contributed by atoms with E-state index in [0.29, 0.717) is 6.42 Å². The summed E-state index contributed by atoms with van der Waals surface area (Å²) < 4.78 is 2.07. The third-order valence-corrected chi connectivity index (χ3v) is 4.57. The van der Waals surface area contributed by atoms with E-state index in [1.165, 1.54) is 0 Å². The van der Waals surface area contributed by atoms with Crippen molar-refractivity contribution in [2.75, 3.05) is 0 Å². The third kappa shape index (κ3) is 3.27. The summed E-state index contributed by atoms with van der Waals surface area (Å²) in [6.45, 7) is 1.96. The lowest BCUT2D eigenvalue weighted by atomic mass is 10.0. The molecular formula is C13H10Br2OS. The van der Waals surface area contributed by atoms with E-state index in [0.717, 1.165) is 24.3 Å². The second-order valence-corrected chi connectivity index (χ2v) is 7.23. The Bertz CT molecular complexity index is 560. The summed E-state index contributed by atoms with van der Waals surface area (Å²) >= 11 is 8.41. The van der Waals surface area contributed by atoms with Crippen LogP contribution in [0.15, 0.2) is 38.6 Å². The number of hydrogen-bond acceptors (Lipinski definition) is 2. The van der Waals surface area contributed by atoms with Crippen LogP contribution in [-0.4, -0.2) is 5.78 Å². The Morgan fingerprint density at radius 3 is 2.59 bits per heavy atom. The zero-order valence-corrected chi connectivity index (χ0v) is 13.2. The van der Waals surface area contributed by atoms with E-state index in [4.69, 9.17) is 0 Å². The van der Waals surface area contributed by atoms with Gasteiger partial charge in [-0.3, -0.25) is 4.79 Å². The van der Waals surface area contributed by atoms with Crippen LogP contribution >= 0.6 is 43.2 Å². The van der Waals surface area contributed by atoms with Crippen molar-refractivity contribution in [1.82, 2.24) is 0 Å². The number of hydrogen-bond donors (Lipinski definition) is 0. The van der Waals surface area contributed by atoms with Crippen LogP contribution < -0.4 is 0 Å². The summed E-state index contributed by atoms with van der Waals surface area (Å²) in [5.74, 6) is 0.171. The molecule has 1 heterocycles. The Hall–Kier alpha value is -0.450. The molecule has 0 aliphatic rings. The monoisotopic (exact) mass is 372 g/mol. The minimum Gasteiger partial charge on any atom is -0.294 e. The molecule has 0 spiro atoms. The quantitative estimate of drug-likeness (QED) is 0.691. The Morgan fingerprint density at radius 2 is 2.00 bits per heavy atom. The van der Waals surface area contributed by atoms with Crippen molar-refractivity contribution in [3.8, 4) is 0 Å². The predicted octanol–water partition coefficient (Wildman–Crippen LogP) is 5.01. The number of halogens is 2. The number of carbonyl (C=O) groups excluding carboxylic acids is 1. The molecule has 1 aromatic carbocycles. The van der Waals surface area contributed by atoms with Crippen LogP contribution in [0.5, 0.6) is 0 Å². The van der Waals surface area contributed by atoms with E-state index in [1.807, 2.05) is 37.3 Å². The Balaban J connectivity index is 2.20. The minimum atomic E-state index is 0.171. The molecule has 1 nitrogen and oxygen atoms in total. The van der Waals surface area contributed by atoms with E-state index >= 15 is 0 Å². The van der Waals surface area contributed by atoms with Crippen molar-refractivity contribution in [3.05, 3.63) is 54.6 Å². The summed E-state index contributed by atoms with van der Waals surface area (Å²) in [7, 11) is 0. The van der Waals surface area contributed by atoms with E-state index in [1.54, 1.807) is 11.3 Å². The lowest BCUT2D eigenvalue weighted by Gasteiger charge is -2.04. The van der Waals surface area contributed by atoms with Crippen molar-refractivity contribution < 1.29 is 4.79 Å². The maximum absolute atomic E-state index is 12.1. The van der Waals surface area contributed by atoms with E-state index < -0.39 is 0 Å². The van der Waals surface area contributed by atoms with Gasteiger partial charge in [0.1, 0.15) is 0 Å². The van der Waals surface area contributed by atoms with Crippen molar-refractivity contribution >= 4 is 49.0 Å². The highest BCUT2D eigenvalue weighted by molar-refractivity contribution is 9.11. The fourth-order valence-corrected chi connectivity index (χ4v) is 3.60. The molecule has 2 rings (SSSR count). The summed E-state index contributed by atoms with van der Waals surface area (Å²) in [5.41, 5.74) is 1.82. The molecule has 0 N–H and O–H groups in total. The average Bonchev–Trinajstić information content (AvgIpc) is 2.63. The number of carbonyl (C=O) groups is 1. The summed E-state index contributed by atoms with van der Waals surface area (Å²) in [6.07, 6.45) is 0.471. The number of rotatable bonds is 3. The summed E-state index contributed by atoms with van der Waals surface area (Å²) in [5, 5.41) is 0. The summed E-state index contributed by atoms with van der Waals surface area (Å²) in [6, 6.07) is 9.72. The van der Waals surface area contributed by atoms with Crippen LogP contribution in [0.2, 0.25) is 0 Å². The average molecular weight is 374 g/mol. The third-order valence-electron chi connectivity index (χ3n) is 2.45. The van der Waals surface area contributed by atoms with Crippen molar-refractivity contribution in [3.63, 3.8) is 0 Å². The van der Waals surface area contributed by atoms with Gasteiger partial charge in [0.15, 0.2) is 5.78 Å². The number of aryl methyl sites for hydroxylation is 1. The van der Waals surface area contributed by atoms with Crippen LogP contribution in [0.3, 0.4) is 0 Å². The first-order chi connectivity index (χ1) is 8.06. The molecular weight excluding hydrogens is 364 g/mol. The van der Waals surface area contributed by atoms with Gasteiger partial charge in [0.05, 0.1) is 3.79 Å². The molecule has 0 aliphatic carbocycles. The number of ketones is 1. The standard InChI is InChI=1S/C13H10Br2OS/c1-8-6-9(14)2-4-11(8)12(16)7-10-3-5-13(15)17-10/h2-6H,7H2,1H3. The highest BCUT2D eigenvalue weighted by Gasteiger charge is 2.11. The largest absolute Gasteiger partial charge is 0.294 e. The zero-order chi connectivity index (χ0) is 12.4. The molecule has 1 aromatic heterocycles. The van der Waals surface area contributed by atoms with Gasteiger partial charge in [-0.25, -0.2) is 0 Å². The summed E-state index contributed by atoms with van der Waals surface area (Å²) in [4.78, 5) is 13.2. The van der Waals surface area contributed by atoms with Gasteiger partial charge in [0, 0.05) is 21.3 Å².